The molecule has 1 saturated heterocycles. The van der Waals surface area contributed by atoms with Gasteiger partial charge in [0.1, 0.15) is 6.10 Å². The molecule has 1 amide bonds. The van der Waals surface area contributed by atoms with Crippen molar-refractivity contribution in [3.63, 3.8) is 0 Å². The van der Waals surface area contributed by atoms with Crippen molar-refractivity contribution in [2.24, 2.45) is 11.8 Å². The maximum absolute atomic E-state index is 12.5. The van der Waals surface area contributed by atoms with Crippen molar-refractivity contribution in [2.75, 3.05) is 32.8 Å². The lowest BCUT2D eigenvalue weighted by atomic mass is 10.1. The Hall–Kier alpha value is -0.320. The smallest absolute Gasteiger partial charge is 0.253 e. The summed E-state index contributed by atoms with van der Waals surface area (Å²) in [5, 5.41) is 3.23. The Morgan fingerprint density at radius 2 is 1.75 bits per heavy atom. The second-order valence-electron chi connectivity index (χ2n) is 6.25. The summed E-state index contributed by atoms with van der Waals surface area (Å²) in [7, 11) is 0. The molecule has 0 spiro atoms. The fraction of sp³-hybridized carbons (Fsp3) is 0.933. The van der Waals surface area contributed by atoms with Gasteiger partial charge >= 0.3 is 0 Å². The summed E-state index contributed by atoms with van der Waals surface area (Å²) < 4.78 is 5.58. The first-order valence-corrected chi connectivity index (χ1v) is 7.61. The molecule has 5 heteroatoms. The van der Waals surface area contributed by atoms with E-state index in [1.54, 1.807) is 0 Å². The number of halogens is 1. The van der Waals surface area contributed by atoms with E-state index in [1.165, 1.54) is 0 Å². The van der Waals surface area contributed by atoms with Crippen LogP contribution in [0.25, 0.3) is 0 Å². The minimum Gasteiger partial charge on any atom is -0.366 e. The van der Waals surface area contributed by atoms with Crippen LogP contribution in [0, 0.1) is 11.8 Å². The number of hydrogen-bond acceptors (Lipinski definition) is 3. The van der Waals surface area contributed by atoms with E-state index in [0.717, 1.165) is 32.5 Å². The minimum absolute atomic E-state index is 0. The molecule has 0 aromatic heterocycles. The van der Waals surface area contributed by atoms with Crippen LogP contribution in [0.2, 0.25) is 0 Å². The number of nitrogens with zero attached hydrogens (tertiary/aromatic N) is 1. The Kier molecular flexibility index (Phi) is 10.2. The molecule has 120 valence electrons. The van der Waals surface area contributed by atoms with Crippen LogP contribution in [-0.2, 0) is 9.53 Å². The molecular formula is C15H31ClN2O2. The normalized spacial score (nSPS) is 19.0. The molecule has 1 heterocycles. The second-order valence-corrected chi connectivity index (χ2v) is 6.25. The second kappa shape index (κ2) is 10.4. The number of carbonyl (C=O) groups excluding carboxylic acids is 1. The Balaban J connectivity index is 0.00000361. The summed E-state index contributed by atoms with van der Waals surface area (Å²) in [6.45, 7) is 12.6. The van der Waals surface area contributed by atoms with E-state index >= 15 is 0 Å². The number of ether oxygens (including phenoxy) is 1. The van der Waals surface area contributed by atoms with E-state index < -0.39 is 0 Å². The molecule has 0 aliphatic carbocycles. The summed E-state index contributed by atoms with van der Waals surface area (Å²) in [4.78, 5) is 14.5. The molecule has 0 saturated carbocycles. The quantitative estimate of drug-likeness (QED) is 0.785. The van der Waals surface area contributed by atoms with Crippen molar-refractivity contribution in [3.05, 3.63) is 0 Å². The van der Waals surface area contributed by atoms with Gasteiger partial charge in [-0.15, -0.1) is 12.4 Å². The van der Waals surface area contributed by atoms with E-state index in [-0.39, 0.29) is 24.4 Å². The van der Waals surface area contributed by atoms with Gasteiger partial charge in [-0.3, -0.25) is 4.79 Å². The number of carbonyl (C=O) groups is 1. The third-order valence-electron chi connectivity index (χ3n) is 3.47. The van der Waals surface area contributed by atoms with Gasteiger partial charge in [0.05, 0.1) is 6.61 Å². The average molecular weight is 307 g/mol. The average Bonchev–Trinajstić information content (AvgIpc) is 2.38. The lowest BCUT2D eigenvalue weighted by molar-refractivity contribution is -0.145. The first-order valence-electron chi connectivity index (χ1n) is 7.61. The zero-order chi connectivity index (χ0) is 14.3. The standard InChI is InChI=1S/C15H30N2O2.ClH/c1-12(2)5-8-17(9-6-13(3)4)15(18)14-11-16-7-10-19-14;/h12-14,16H,5-11H2,1-4H3;1H. The van der Waals surface area contributed by atoms with Crippen LogP contribution in [0.1, 0.15) is 40.5 Å². The Bertz CT molecular complexity index is 255. The van der Waals surface area contributed by atoms with Gasteiger partial charge in [-0.05, 0) is 24.7 Å². The molecule has 1 fully saturated rings. The molecule has 20 heavy (non-hydrogen) atoms. The monoisotopic (exact) mass is 306 g/mol. The van der Waals surface area contributed by atoms with Gasteiger partial charge in [0.2, 0.25) is 0 Å². The van der Waals surface area contributed by atoms with Crippen molar-refractivity contribution >= 4 is 18.3 Å². The van der Waals surface area contributed by atoms with Gasteiger partial charge in [0.25, 0.3) is 5.91 Å². The van der Waals surface area contributed by atoms with Crippen molar-refractivity contribution in [1.29, 1.82) is 0 Å². The lowest BCUT2D eigenvalue weighted by Crippen LogP contribution is -2.50. The van der Waals surface area contributed by atoms with Gasteiger partial charge in [0, 0.05) is 26.2 Å². The van der Waals surface area contributed by atoms with Crippen molar-refractivity contribution in [3.8, 4) is 0 Å². The van der Waals surface area contributed by atoms with E-state index in [1.807, 2.05) is 4.90 Å². The molecule has 0 aromatic rings. The Morgan fingerprint density at radius 1 is 1.20 bits per heavy atom. The number of amides is 1. The minimum atomic E-state index is -0.284. The number of rotatable bonds is 7. The molecule has 1 N–H and O–H groups in total. The van der Waals surface area contributed by atoms with E-state index in [0.29, 0.717) is 25.0 Å². The first kappa shape index (κ1) is 19.7. The van der Waals surface area contributed by atoms with Gasteiger partial charge in [0.15, 0.2) is 0 Å². The molecule has 0 aromatic carbocycles. The predicted molar refractivity (Wildman–Crippen MR) is 85.3 cm³/mol. The molecule has 1 rings (SSSR count). The summed E-state index contributed by atoms with van der Waals surface area (Å²) >= 11 is 0. The summed E-state index contributed by atoms with van der Waals surface area (Å²) in [6, 6.07) is 0. The number of nitrogens with one attached hydrogen (secondary N) is 1. The highest BCUT2D eigenvalue weighted by Gasteiger charge is 2.26. The maximum atomic E-state index is 12.5. The van der Waals surface area contributed by atoms with Gasteiger partial charge in [-0.25, -0.2) is 0 Å². The third-order valence-corrected chi connectivity index (χ3v) is 3.47. The largest absolute Gasteiger partial charge is 0.366 e. The van der Waals surface area contributed by atoms with E-state index in [9.17, 15) is 4.79 Å². The zero-order valence-corrected chi connectivity index (χ0v) is 14.2. The predicted octanol–water partition coefficient (Wildman–Crippen LogP) is 2.32. The zero-order valence-electron chi connectivity index (χ0n) is 13.4. The maximum Gasteiger partial charge on any atom is 0.253 e. The highest BCUT2D eigenvalue weighted by Crippen LogP contribution is 2.10. The number of morpholine rings is 1. The van der Waals surface area contributed by atoms with Crippen LogP contribution >= 0.6 is 12.4 Å². The number of hydrogen-bond donors (Lipinski definition) is 1. The van der Waals surface area contributed by atoms with Gasteiger partial charge in [-0.1, -0.05) is 27.7 Å². The molecule has 0 radical (unpaired) electrons. The van der Waals surface area contributed by atoms with Gasteiger partial charge in [-0.2, -0.15) is 0 Å². The summed E-state index contributed by atoms with van der Waals surface area (Å²) in [6.07, 6.45) is 1.83. The fourth-order valence-electron chi connectivity index (χ4n) is 2.09. The van der Waals surface area contributed by atoms with E-state index in [2.05, 4.69) is 33.0 Å². The van der Waals surface area contributed by atoms with Gasteiger partial charge < -0.3 is 15.0 Å². The van der Waals surface area contributed by atoms with Crippen LogP contribution in [0.5, 0.6) is 0 Å². The van der Waals surface area contributed by atoms with Crippen LogP contribution in [0.4, 0.5) is 0 Å². The Labute approximate surface area is 130 Å². The topological polar surface area (TPSA) is 41.6 Å². The third kappa shape index (κ3) is 7.46. The summed E-state index contributed by atoms with van der Waals surface area (Å²) in [5.41, 5.74) is 0. The molecule has 1 atom stereocenters. The molecule has 1 aliphatic rings. The SMILES string of the molecule is CC(C)CCN(CCC(C)C)C(=O)C1CNCCO1.Cl. The highest BCUT2D eigenvalue weighted by atomic mass is 35.5. The lowest BCUT2D eigenvalue weighted by Gasteiger charge is -2.30. The van der Waals surface area contributed by atoms with Crippen LogP contribution in [0.15, 0.2) is 0 Å². The molecule has 1 unspecified atom stereocenters. The molecular weight excluding hydrogens is 276 g/mol. The van der Waals surface area contributed by atoms with Crippen molar-refractivity contribution in [1.82, 2.24) is 10.2 Å². The van der Waals surface area contributed by atoms with Crippen LogP contribution in [0.3, 0.4) is 0 Å². The van der Waals surface area contributed by atoms with Crippen molar-refractivity contribution in [2.45, 2.75) is 46.6 Å². The van der Waals surface area contributed by atoms with E-state index in [4.69, 9.17) is 4.74 Å². The molecule has 0 bridgehead atoms. The fourth-order valence-corrected chi connectivity index (χ4v) is 2.09. The van der Waals surface area contributed by atoms with Crippen LogP contribution in [-0.4, -0.2) is 49.7 Å². The molecule has 4 nitrogen and oxygen atoms in total. The van der Waals surface area contributed by atoms with Crippen LogP contribution < -0.4 is 5.32 Å². The summed E-state index contributed by atoms with van der Waals surface area (Å²) in [5.74, 6) is 1.41. The first-order chi connectivity index (χ1) is 9.00. The molecule has 1 aliphatic heterocycles. The highest BCUT2D eigenvalue weighted by molar-refractivity contribution is 5.85. The Morgan fingerprint density at radius 3 is 2.15 bits per heavy atom. The van der Waals surface area contributed by atoms with Crippen molar-refractivity contribution < 1.29 is 9.53 Å².